The Labute approximate surface area is 116 Å². The van der Waals surface area contributed by atoms with Crippen molar-refractivity contribution in [3.63, 3.8) is 0 Å². The number of likely N-dealkylation sites (tertiary alicyclic amines) is 1. The van der Waals surface area contributed by atoms with E-state index in [2.05, 4.69) is 18.7 Å². The molecule has 110 valence electrons. The molecule has 2 rings (SSSR count). The largest absolute Gasteiger partial charge is 0.480 e. The van der Waals surface area contributed by atoms with E-state index < -0.39 is 5.97 Å². The minimum Gasteiger partial charge on any atom is -0.480 e. The van der Waals surface area contributed by atoms with Crippen LogP contribution in [0.25, 0.3) is 0 Å². The van der Waals surface area contributed by atoms with Crippen molar-refractivity contribution in [1.29, 1.82) is 0 Å². The molecule has 1 atom stereocenters. The molecule has 19 heavy (non-hydrogen) atoms. The molecule has 1 N–H and O–H groups in total. The number of aliphatic carboxylic acids is 1. The molecule has 0 aromatic heterocycles. The Morgan fingerprint density at radius 1 is 1.32 bits per heavy atom. The Hall–Kier alpha value is -0.610. The summed E-state index contributed by atoms with van der Waals surface area (Å²) in [4.78, 5) is 13.1. The van der Waals surface area contributed by atoms with Gasteiger partial charge < -0.3 is 14.7 Å². The van der Waals surface area contributed by atoms with E-state index in [9.17, 15) is 4.79 Å². The molecule has 1 heterocycles. The van der Waals surface area contributed by atoms with Crippen LogP contribution in [-0.2, 0) is 9.53 Å². The third kappa shape index (κ3) is 4.46. The lowest BCUT2D eigenvalue weighted by Crippen LogP contribution is -2.46. The van der Waals surface area contributed by atoms with Crippen LogP contribution in [0, 0.1) is 5.41 Å². The van der Waals surface area contributed by atoms with Crippen molar-refractivity contribution >= 4 is 5.97 Å². The summed E-state index contributed by atoms with van der Waals surface area (Å²) in [6.45, 7) is 6.72. The minimum absolute atomic E-state index is 0.143. The fraction of sp³-hybridized carbons (Fsp3) is 0.933. The van der Waals surface area contributed by atoms with Gasteiger partial charge in [-0.2, -0.15) is 0 Å². The number of carboxylic acid groups (broad SMARTS) is 1. The van der Waals surface area contributed by atoms with Crippen molar-refractivity contribution in [3.05, 3.63) is 0 Å². The molecule has 1 aliphatic carbocycles. The van der Waals surface area contributed by atoms with Gasteiger partial charge >= 0.3 is 5.97 Å². The van der Waals surface area contributed by atoms with Gasteiger partial charge in [0.15, 0.2) is 0 Å². The number of nitrogens with zero attached hydrogens (tertiary/aromatic N) is 1. The predicted molar refractivity (Wildman–Crippen MR) is 74.2 cm³/mol. The fourth-order valence-corrected chi connectivity index (χ4v) is 3.57. The van der Waals surface area contributed by atoms with Gasteiger partial charge in [0, 0.05) is 19.1 Å². The van der Waals surface area contributed by atoms with Gasteiger partial charge in [-0.1, -0.05) is 20.3 Å². The number of ether oxygens (including phenoxy) is 1. The highest BCUT2D eigenvalue weighted by molar-refractivity contribution is 5.68. The molecular weight excluding hydrogens is 242 g/mol. The lowest BCUT2D eigenvalue weighted by atomic mass is 9.74. The molecule has 0 bridgehead atoms. The molecular formula is C15H27NO3. The van der Waals surface area contributed by atoms with Gasteiger partial charge in [-0.25, -0.2) is 4.79 Å². The van der Waals surface area contributed by atoms with Crippen LogP contribution in [0.2, 0.25) is 0 Å². The van der Waals surface area contributed by atoms with Gasteiger partial charge in [-0.15, -0.1) is 0 Å². The summed E-state index contributed by atoms with van der Waals surface area (Å²) >= 11 is 0. The molecule has 0 aromatic rings. The molecule has 0 radical (unpaired) electrons. The van der Waals surface area contributed by atoms with Crippen LogP contribution in [0.1, 0.15) is 52.4 Å². The van der Waals surface area contributed by atoms with Crippen LogP contribution in [0.3, 0.4) is 0 Å². The quantitative estimate of drug-likeness (QED) is 0.852. The van der Waals surface area contributed by atoms with Gasteiger partial charge in [-0.3, -0.25) is 0 Å². The van der Waals surface area contributed by atoms with Gasteiger partial charge in [0.05, 0.1) is 6.10 Å². The minimum atomic E-state index is -0.864. The van der Waals surface area contributed by atoms with Gasteiger partial charge in [0.1, 0.15) is 6.61 Å². The monoisotopic (exact) mass is 269 g/mol. The van der Waals surface area contributed by atoms with Crippen LogP contribution < -0.4 is 0 Å². The lowest BCUT2D eigenvalue weighted by molar-refractivity contribution is -0.145. The summed E-state index contributed by atoms with van der Waals surface area (Å²) in [7, 11) is 0. The highest BCUT2D eigenvalue weighted by Gasteiger charge is 2.33. The Morgan fingerprint density at radius 2 is 2.00 bits per heavy atom. The summed E-state index contributed by atoms with van der Waals surface area (Å²) < 4.78 is 5.39. The van der Waals surface area contributed by atoms with E-state index in [1.165, 1.54) is 25.7 Å². The third-order valence-electron chi connectivity index (χ3n) is 4.61. The van der Waals surface area contributed by atoms with E-state index in [-0.39, 0.29) is 12.7 Å². The molecule has 1 saturated carbocycles. The van der Waals surface area contributed by atoms with Crippen molar-refractivity contribution in [3.8, 4) is 0 Å². The molecule has 2 aliphatic rings. The average Bonchev–Trinajstić information content (AvgIpc) is 2.36. The smallest absolute Gasteiger partial charge is 0.329 e. The normalized spacial score (nSPS) is 29.3. The Balaban J connectivity index is 1.75. The summed E-state index contributed by atoms with van der Waals surface area (Å²) in [5.74, 6) is -0.864. The van der Waals surface area contributed by atoms with Gasteiger partial charge in [-0.05, 0) is 37.5 Å². The van der Waals surface area contributed by atoms with E-state index in [1.807, 2.05) is 0 Å². The van der Waals surface area contributed by atoms with Crippen LogP contribution in [0.4, 0.5) is 0 Å². The van der Waals surface area contributed by atoms with Gasteiger partial charge in [0.2, 0.25) is 0 Å². The number of hydrogen-bond donors (Lipinski definition) is 1. The second-order valence-corrected chi connectivity index (χ2v) is 6.85. The van der Waals surface area contributed by atoms with Crippen molar-refractivity contribution in [2.24, 2.45) is 5.41 Å². The van der Waals surface area contributed by atoms with Crippen LogP contribution in [-0.4, -0.2) is 47.8 Å². The first-order valence-corrected chi connectivity index (χ1v) is 7.54. The van der Waals surface area contributed by atoms with E-state index in [0.29, 0.717) is 5.41 Å². The SMILES string of the molecule is CC1(C)CCCC(N2CCC(OCC(=O)O)CC2)C1. The molecule has 2 fully saturated rings. The standard InChI is InChI=1S/C15H27NO3/c1-15(2)7-3-4-12(10-15)16-8-5-13(6-9-16)19-11-14(17)18/h12-13H,3-11H2,1-2H3,(H,17,18). The maximum atomic E-state index is 10.5. The molecule has 4 nitrogen and oxygen atoms in total. The zero-order valence-corrected chi connectivity index (χ0v) is 12.2. The fourth-order valence-electron chi connectivity index (χ4n) is 3.57. The lowest BCUT2D eigenvalue weighted by Gasteiger charge is -2.43. The molecule has 1 aliphatic heterocycles. The zero-order chi connectivity index (χ0) is 13.9. The second-order valence-electron chi connectivity index (χ2n) is 6.85. The summed E-state index contributed by atoms with van der Waals surface area (Å²) in [5, 5.41) is 8.62. The first-order chi connectivity index (χ1) is 8.96. The Morgan fingerprint density at radius 3 is 2.58 bits per heavy atom. The number of carbonyl (C=O) groups is 1. The van der Waals surface area contributed by atoms with Crippen molar-refractivity contribution in [2.45, 2.75) is 64.5 Å². The average molecular weight is 269 g/mol. The maximum absolute atomic E-state index is 10.5. The van der Waals surface area contributed by atoms with E-state index in [0.717, 1.165) is 32.0 Å². The second kappa shape index (κ2) is 6.23. The van der Waals surface area contributed by atoms with Gasteiger partial charge in [0.25, 0.3) is 0 Å². The molecule has 0 spiro atoms. The molecule has 1 saturated heterocycles. The summed E-state index contributed by atoms with van der Waals surface area (Å²) in [6.07, 6.45) is 7.41. The zero-order valence-electron chi connectivity index (χ0n) is 12.2. The van der Waals surface area contributed by atoms with Crippen LogP contribution >= 0.6 is 0 Å². The number of carboxylic acids is 1. The number of piperidine rings is 1. The van der Waals surface area contributed by atoms with E-state index >= 15 is 0 Å². The summed E-state index contributed by atoms with van der Waals surface area (Å²) in [5.41, 5.74) is 0.486. The van der Waals surface area contributed by atoms with Crippen LogP contribution in [0.5, 0.6) is 0 Å². The van der Waals surface area contributed by atoms with Crippen molar-refractivity contribution in [2.75, 3.05) is 19.7 Å². The van der Waals surface area contributed by atoms with Crippen molar-refractivity contribution < 1.29 is 14.6 Å². The molecule has 0 aromatic carbocycles. The molecule has 1 unspecified atom stereocenters. The highest BCUT2D eigenvalue weighted by Crippen LogP contribution is 2.38. The first kappa shape index (κ1) is 14.8. The van der Waals surface area contributed by atoms with E-state index in [1.54, 1.807) is 0 Å². The summed E-state index contributed by atoms with van der Waals surface area (Å²) in [6, 6.07) is 0.726. The highest BCUT2D eigenvalue weighted by atomic mass is 16.5. The molecule has 0 amide bonds. The van der Waals surface area contributed by atoms with E-state index in [4.69, 9.17) is 9.84 Å². The predicted octanol–water partition coefficient (Wildman–Crippen LogP) is 2.52. The first-order valence-electron chi connectivity index (χ1n) is 7.54. The Kier molecular flexibility index (Phi) is 4.85. The maximum Gasteiger partial charge on any atom is 0.329 e. The number of hydrogen-bond acceptors (Lipinski definition) is 3. The Bertz CT molecular complexity index is 309. The molecule has 4 heteroatoms. The van der Waals surface area contributed by atoms with Crippen molar-refractivity contribution in [1.82, 2.24) is 4.90 Å². The topological polar surface area (TPSA) is 49.8 Å². The third-order valence-corrected chi connectivity index (χ3v) is 4.61. The van der Waals surface area contributed by atoms with Crippen LogP contribution in [0.15, 0.2) is 0 Å². The number of rotatable bonds is 4.